The summed E-state index contributed by atoms with van der Waals surface area (Å²) in [5.74, 6) is 1.22. The van der Waals surface area contributed by atoms with Crippen LogP contribution in [0.2, 0.25) is 0 Å². The first-order valence-electron chi connectivity index (χ1n) is 7.76. The van der Waals surface area contributed by atoms with Crippen molar-refractivity contribution in [3.63, 3.8) is 0 Å². The molecule has 0 aliphatic carbocycles. The van der Waals surface area contributed by atoms with Gasteiger partial charge in [-0.2, -0.15) is 0 Å². The number of pyridine rings is 1. The second-order valence-electron chi connectivity index (χ2n) is 5.27. The monoisotopic (exact) mass is 338 g/mol. The third-order valence-electron chi connectivity index (χ3n) is 3.52. The molecule has 2 aromatic heterocycles. The number of hydrogen-bond donors (Lipinski definition) is 1. The molecule has 5 heteroatoms. The highest BCUT2D eigenvalue weighted by Gasteiger charge is 2.10. The van der Waals surface area contributed by atoms with Crippen LogP contribution in [0.5, 0.6) is 5.75 Å². The Morgan fingerprint density at radius 2 is 2.00 bits per heavy atom. The molecule has 0 atom stereocenters. The summed E-state index contributed by atoms with van der Waals surface area (Å²) in [4.78, 5) is 16.9. The molecule has 1 amide bonds. The maximum absolute atomic E-state index is 12.2. The van der Waals surface area contributed by atoms with E-state index >= 15 is 0 Å². The molecule has 1 aromatic carbocycles. The van der Waals surface area contributed by atoms with E-state index in [4.69, 9.17) is 4.74 Å². The number of amides is 1. The first-order valence-corrected chi connectivity index (χ1v) is 8.64. The Labute approximate surface area is 145 Å². The molecule has 0 radical (unpaired) electrons. The van der Waals surface area contributed by atoms with E-state index in [0.29, 0.717) is 17.3 Å². The first kappa shape index (κ1) is 16.2. The van der Waals surface area contributed by atoms with Crippen LogP contribution in [0, 0.1) is 0 Å². The Kier molecular flexibility index (Phi) is 5.23. The van der Waals surface area contributed by atoms with Crippen LogP contribution in [0.25, 0.3) is 0 Å². The fourth-order valence-electron chi connectivity index (χ4n) is 2.17. The largest absolute Gasteiger partial charge is 0.489 e. The normalized spacial score (nSPS) is 10.4. The number of aryl methyl sites for hydroxylation is 1. The van der Waals surface area contributed by atoms with Gasteiger partial charge in [-0.3, -0.25) is 4.79 Å². The lowest BCUT2D eigenvalue weighted by Gasteiger charge is -2.05. The number of ether oxygens (including phenoxy) is 1. The zero-order chi connectivity index (χ0) is 16.8. The van der Waals surface area contributed by atoms with Gasteiger partial charge in [-0.25, -0.2) is 4.98 Å². The summed E-state index contributed by atoms with van der Waals surface area (Å²) in [6, 6.07) is 15.3. The number of hydrogen-bond acceptors (Lipinski definition) is 4. The zero-order valence-electron chi connectivity index (χ0n) is 13.4. The fourth-order valence-corrected chi connectivity index (χ4v) is 2.96. The van der Waals surface area contributed by atoms with E-state index in [9.17, 15) is 4.79 Å². The van der Waals surface area contributed by atoms with Gasteiger partial charge in [0.05, 0.1) is 4.88 Å². The Hall–Kier alpha value is -2.66. The number of benzene rings is 1. The number of aromatic nitrogens is 1. The maximum atomic E-state index is 12.2. The minimum Gasteiger partial charge on any atom is -0.489 e. The Morgan fingerprint density at radius 3 is 2.71 bits per heavy atom. The average Bonchev–Trinajstić information content (AvgIpc) is 3.10. The lowest BCUT2D eigenvalue weighted by atomic mass is 10.2. The van der Waals surface area contributed by atoms with E-state index in [1.165, 1.54) is 16.9 Å². The molecule has 0 aliphatic heterocycles. The summed E-state index contributed by atoms with van der Waals surface area (Å²) < 4.78 is 5.77. The van der Waals surface area contributed by atoms with Crippen LogP contribution in [0.1, 0.15) is 27.7 Å². The van der Waals surface area contributed by atoms with Crippen LogP contribution in [0.15, 0.2) is 60.1 Å². The van der Waals surface area contributed by atoms with E-state index in [-0.39, 0.29) is 5.91 Å². The lowest BCUT2D eigenvalue weighted by Crippen LogP contribution is -2.11. The minimum absolute atomic E-state index is 0.155. The Bertz CT molecular complexity index is 798. The summed E-state index contributed by atoms with van der Waals surface area (Å²) >= 11 is 1.40. The van der Waals surface area contributed by atoms with E-state index in [1.54, 1.807) is 12.3 Å². The van der Waals surface area contributed by atoms with Gasteiger partial charge < -0.3 is 10.1 Å². The predicted octanol–water partition coefficient (Wildman–Crippen LogP) is 4.54. The van der Waals surface area contributed by atoms with Gasteiger partial charge in [0, 0.05) is 11.8 Å². The van der Waals surface area contributed by atoms with Gasteiger partial charge >= 0.3 is 0 Å². The minimum atomic E-state index is -0.155. The van der Waals surface area contributed by atoms with Gasteiger partial charge in [-0.15, -0.1) is 11.3 Å². The van der Waals surface area contributed by atoms with Crippen LogP contribution >= 0.6 is 11.3 Å². The summed E-state index contributed by atoms with van der Waals surface area (Å²) in [5, 5.41) is 4.72. The molecule has 2 heterocycles. The standard InChI is InChI=1S/C19H18N2O2S/c1-2-14-6-8-16(9-7-14)23-12-15-11-17(24-13-15)19(22)21-18-5-3-4-10-20-18/h3-11,13H,2,12H2,1H3,(H,20,21,22). The van der Waals surface area contributed by atoms with E-state index in [1.807, 2.05) is 35.7 Å². The lowest BCUT2D eigenvalue weighted by molar-refractivity contribution is 0.103. The first-order chi connectivity index (χ1) is 11.7. The molecule has 122 valence electrons. The number of nitrogens with one attached hydrogen (secondary N) is 1. The maximum Gasteiger partial charge on any atom is 0.266 e. The molecule has 0 saturated carbocycles. The van der Waals surface area contributed by atoms with Crippen molar-refractivity contribution in [1.29, 1.82) is 0 Å². The highest BCUT2D eigenvalue weighted by Crippen LogP contribution is 2.19. The van der Waals surface area contributed by atoms with E-state index in [0.717, 1.165) is 17.7 Å². The molecular formula is C19H18N2O2S. The zero-order valence-corrected chi connectivity index (χ0v) is 14.2. The molecule has 4 nitrogen and oxygen atoms in total. The SMILES string of the molecule is CCc1ccc(OCc2csc(C(=O)Nc3ccccn3)c2)cc1. The van der Waals surface area contributed by atoms with Gasteiger partial charge in [0.2, 0.25) is 0 Å². The molecule has 24 heavy (non-hydrogen) atoms. The fraction of sp³-hybridized carbons (Fsp3) is 0.158. The molecule has 0 aliphatic rings. The average molecular weight is 338 g/mol. The topological polar surface area (TPSA) is 51.2 Å². The molecule has 3 aromatic rings. The Morgan fingerprint density at radius 1 is 1.17 bits per heavy atom. The number of rotatable bonds is 6. The van der Waals surface area contributed by atoms with E-state index in [2.05, 4.69) is 29.4 Å². The molecule has 1 N–H and O–H groups in total. The van der Waals surface area contributed by atoms with E-state index < -0.39 is 0 Å². The number of thiophene rings is 1. The smallest absolute Gasteiger partial charge is 0.266 e. The molecule has 0 saturated heterocycles. The van der Waals surface area contributed by atoms with Gasteiger partial charge in [0.25, 0.3) is 5.91 Å². The highest BCUT2D eigenvalue weighted by molar-refractivity contribution is 7.12. The second-order valence-corrected chi connectivity index (χ2v) is 6.19. The summed E-state index contributed by atoms with van der Waals surface area (Å²) in [7, 11) is 0. The molecular weight excluding hydrogens is 320 g/mol. The van der Waals surface area contributed by atoms with Gasteiger partial charge in [-0.1, -0.05) is 25.1 Å². The Balaban J connectivity index is 1.57. The van der Waals surface area contributed by atoms with Gasteiger partial charge in [0.1, 0.15) is 18.2 Å². The van der Waals surface area contributed by atoms with Gasteiger partial charge in [-0.05, 0) is 47.7 Å². The van der Waals surface area contributed by atoms with Crippen LogP contribution in [0.4, 0.5) is 5.82 Å². The van der Waals surface area contributed by atoms with Crippen molar-refractivity contribution in [3.8, 4) is 5.75 Å². The second kappa shape index (κ2) is 7.75. The van der Waals surface area contributed by atoms with Crippen LogP contribution in [-0.4, -0.2) is 10.9 Å². The van der Waals surface area contributed by atoms with Crippen molar-refractivity contribution in [2.75, 3.05) is 5.32 Å². The third kappa shape index (κ3) is 4.20. The summed E-state index contributed by atoms with van der Waals surface area (Å²) in [6.45, 7) is 2.57. The van der Waals surface area contributed by atoms with Crippen molar-refractivity contribution < 1.29 is 9.53 Å². The quantitative estimate of drug-likeness (QED) is 0.718. The molecule has 3 rings (SSSR count). The molecule has 0 bridgehead atoms. The number of carbonyl (C=O) groups is 1. The third-order valence-corrected chi connectivity index (χ3v) is 4.50. The molecule has 0 unspecified atom stereocenters. The number of anilines is 1. The van der Waals surface area contributed by atoms with Crippen molar-refractivity contribution in [1.82, 2.24) is 4.98 Å². The summed E-state index contributed by atoms with van der Waals surface area (Å²) in [5.41, 5.74) is 2.26. The van der Waals surface area contributed by atoms with Crippen LogP contribution in [-0.2, 0) is 13.0 Å². The van der Waals surface area contributed by atoms with Crippen LogP contribution in [0.3, 0.4) is 0 Å². The number of nitrogens with zero attached hydrogens (tertiary/aromatic N) is 1. The van der Waals surface area contributed by atoms with Crippen molar-refractivity contribution >= 4 is 23.1 Å². The predicted molar refractivity (Wildman–Crippen MR) is 96.7 cm³/mol. The van der Waals surface area contributed by atoms with Crippen molar-refractivity contribution in [3.05, 3.63) is 76.1 Å². The molecule has 0 fully saturated rings. The highest BCUT2D eigenvalue weighted by atomic mass is 32.1. The molecule has 0 spiro atoms. The summed E-state index contributed by atoms with van der Waals surface area (Å²) in [6.07, 6.45) is 2.66. The van der Waals surface area contributed by atoms with Crippen LogP contribution < -0.4 is 10.1 Å². The number of carbonyl (C=O) groups excluding carboxylic acids is 1. The van der Waals surface area contributed by atoms with Crippen molar-refractivity contribution in [2.45, 2.75) is 20.0 Å². The van der Waals surface area contributed by atoms with Gasteiger partial charge in [0.15, 0.2) is 0 Å². The van der Waals surface area contributed by atoms with Crippen molar-refractivity contribution in [2.24, 2.45) is 0 Å².